The van der Waals surface area contributed by atoms with Crippen LogP contribution in [0.2, 0.25) is 0 Å². The molecule has 0 bridgehead atoms. The third-order valence-corrected chi connectivity index (χ3v) is 4.49. The molecule has 7 heteroatoms. The van der Waals surface area contributed by atoms with Gasteiger partial charge >= 0.3 is 5.97 Å². The molecule has 0 spiro atoms. The molecule has 1 aromatic carbocycles. The third-order valence-electron chi connectivity index (χ3n) is 2.26. The molecule has 0 atom stereocenters. The van der Waals surface area contributed by atoms with Gasteiger partial charge in [0.1, 0.15) is 5.01 Å². The molecule has 0 unspecified atom stereocenters. The van der Waals surface area contributed by atoms with Gasteiger partial charge in [-0.3, -0.25) is 0 Å². The Bertz CT molecular complexity index is 563. The van der Waals surface area contributed by atoms with E-state index in [4.69, 9.17) is 4.74 Å². The number of hydrogen-bond donors (Lipinski definition) is 2. The van der Waals surface area contributed by atoms with E-state index in [2.05, 4.69) is 40.5 Å². The Morgan fingerprint density at radius 3 is 2.48 bits per heavy atom. The van der Waals surface area contributed by atoms with E-state index in [1.54, 1.807) is 6.92 Å². The van der Waals surface area contributed by atoms with Crippen molar-refractivity contribution in [3.05, 3.63) is 39.7 Å². The lowest BCUT2D eigenvalue weighted by Crippen LogP contribution is -2.02. The molecule has 0 aliphatic rings. The molecule has 2 aromatic rings. The average molecular weight is 390 g/mol. The molecule has 114 valence electrons. The lowest BCUT2D eigenvalue weighted by molar-refractivity contribution is 0.0528. The van der Waals surface area contributed by atoms with Gasteiger partial charge in [0.2, 0.25) is 5.88 Å². The van der Waals surface area contributed by atoms with Crippen LogP contribution in [0, 0.1) is 6.92 Å². The predicted octanol–water partition coefficient (Wildman–Crippen LogP) is 4.20. The maximum Gasteiger partial charge on any atom is 0.353 e. The second-order valence-corrected chi connectivity index (χ2v) is 6.11. The van der Waals surface area contributed by atoms with Crippen molar-refractivity contribution in [1.82, 2.24) is 4.98 Å². The minimum absolute atomic E-state index is 0.163. The number of benzene rings is 1. The first kappa shape index (κ1) is 18.0. The summed E-state index contributed by atoms with van der Waals surface area (Å²) in [5.74, 6) is -0.775. The minimum Gasteiger partial charge on any atom is -0.492 e. The van der Waals surface area contributed by atoms with E-state index in [-0.39, 0.29) is 10.8 Å². The lowest BCUT2D eigenvalue weighted by Gasteiger charge is -1.96. The summed E-state index contributed by atoms with van der Waals surface area (Å²) in [6.07, 6.45) is 0. The molecule has 21 heavy (non-hydrogen) atoms. The molecule has 0 radical (unpaired) electrons. The molecule has 0 saturated carbocycles. The Morgan fingerprint density at radius 2 is 2.05 bits per heavy atom. The number of thiazole rings is 1. The normalized spacial score (nSPS) is 9.71. The fraction of sp³-hybridized carbons (Fsp3) is 0.286. The van der Waals surface area contributed by atoms with Crippen molar-refractivity contribution in [3.63, 3.8) is 0 Å². The molecule has 1 heterocycles. The summed E-state index contributed by atoms with van der Waals surface area (Å²) < 4.78 is 4.72. The number of aromatic nitrogens is 1. The van der Waals surface area contributed by atoms with Crippen molar-refractivity contribution in [2.45, 2.75) is 24.1 Å². The van der Waals surface area contributed by atoms with Gasteiger partial charge in [-0.15, -0.1) is 24.0 Å². The van der Waals surface area contributed by atoms with E-state index >= 15 is 0 Å². The topological polar surface area (TPSA) is 59.4 Å². The number of esters is 1. The number of aryl methyl sites for hydroxylation is 1. The van der Waals surface area contributed by atoms with Crippen molar-refractivity contribution in [2.24, 2.45) is 0 Å². The number of rotatable bonds is 3. The summed E-state index contributed by atoms with van der Waals surface area (Å²) >= 11 is 8.43. The quantitative estimate of drug-likeness (QED) is 0.469. The zero-order valence-corrected chi connectivity index (χ0v) is 15.0. The summed E-state index contributed by atoms with van der Waals surface area (Å²) in [5.41, 5.74) is 1.28. The van der Waals surface area contributed by atoms with Gasteiger partial charge in [0, 0.05) is 4.90 Å². The number of thiol groups is 1. The molecule has 0 saturated heterocycles. The van der Waals surface area contributed by atoms with Crippen molar-refractivity contribution in [1.29, 1.82) is 0 Å². The Balaban J connectivity index is 0.000000235. The third kappa shape index (κ3) is 6.07. The van der Waals surface area contributed by atoms with Crippen LogP contribution in [0.5, 0.6) is 5.88 Å². The maximum atomic E-state index is 11.2. The van der Waals surface area contributed by atoms with Crippen LogP contribution in [-0.4, -0.2) is 22.7 Å². The molecule has 0 aliphatic heterocycles. The summed E-state index contributed by atoms with van der Waals surface area (Å²) in [6, 6.07) is 8.06. The van der Waals surface area contributed by atoms with Crippen molar-refractivity contribution >= 4 is 45.9 Å². The van der Waals surface area contributed by atoms with Crippen LogP contribution in [-0.2, 0) is 10.1 Å². The van der Waals surface area contributed by atoms with Crippen molar-refractivity contribution < 1.29 is 14.6 Å². The molecule has 2 rings (SSSR count). The minimum atomic E-state index is -0.523. The summed E-state index contributed by atoms with van der Waals surface area (Å²) in [7, 11) is 0. The molecule has 0 aliphatic carbocycles. The fourth-order valence-electron chi connectivity index (χ4n) is 1.29. The lowest BCUT2D eigenvalue weighted by atomic mass is 10.2. The molecule has 4 nitrogen and oxygen atoms in total. The van der Waals surface area contributed by atoms with Gasteiger partial charge in [0.25, 0.3) is 0 Å². The van der Waals surface area contributed by atoms with Crippen LogP contribution < -0.4 is 0 Å². The maximum absolute atomic E-state index is 11.2. The Kier molecular flexibility index (Phi) is 7.77. The molecule has 0 fully saturated rings. The second kappa shape index (κ2) is 9.07. The predicted molar refractivity (Wildman–Crippen MR) is 90.8 cm³/mol. The largest absolute Gasteiger partial charge is 0.492 e. The molecule has 1 aromatic heterocycles. The van der Waals surface area contributed by atoms with Crippen LogP contribution in [0.1, 0.15) is 27.2 Å². The van der Waals surface area contributed by atoms with E-state index in [0.29, 0.717) is 16.9 Å². The zero-order valence-electron chi connectivity index (χ0n) is 11.7. The highest BCUT2D eigenvalue weighted by molar-refractivity contribution is 9.08. The molecule has 1 N–H and O–H groups in total. The molecular formula is C14H16BrNO3S2. The van der Waals surface area contributed by atoms with Gasteiger partial charge in [-0.25, -0.2) is 9.78 Å². The Labute approximate surface area is 141 Å². The van der Waals surface area contributed by atoms with Gasteiger partial charge < -0.3 is 9.84 Å². The first-order valence-corrected chi connectivity index (χ1v) is 8.53. The highest BCUT2D eigenvalue weighted by atomic mass is 79.9. The number of carbonyl (C=O) groups is 1. The smallest absolute Gasteiger partial charge is 0.353 e. The van der Waals surface area contributed by atoms with Crippen molar-refractivity contribution in [2.75, 3.05) is 6.61 Å². The summed E-state index contributed by atoms with van der Waals surface area (Å²) in [6.45, 7) is 4.06. The van der Waals surface area contributed by atoms with E-state index in [1.165, 1.54) is 5.56 Å². The number of nitrogens with zero attached hydrogens (tertiary/aromatic N) is 1. The zero-order chi connectivity index (χ0) is 15.8. The van der Waals surface area contributed by atoms with Crippen molar-refractivity contribution in [3.8, 4) is 5.88 Å². The number of halogens is 1. The molecule has 0 amide bonds. The highest BCUT2D eigenvalue weighted by Gasteiger charge is 2.17. The van der Waals surface area contributed by atoms with Crippen LogP contribution >= 0.6 is 39.9 Å². The van der Waals surface area contributed by atoms with Gasteiger partial charge in [-0.05, 0) is 26.0 Å². The van der Waals surface area contributed by atoms with E-state index in [1.807, 2.05) is 24.3 Å². The van der Waals surface area contributed by atoms with Gasteiger partial charge in [-0.1, -0.05) is 33.6 Å². The van der Waals surface area contributed by atoms with E-state index < -0.39 is 5.97 Å². The van der Waals surface area contributed by atoms with Gasteiger partial charge in [-0.2, -0.15) is 0 Å². The standard InChI is InChI=1S/C7H8BrNO3S.C7H8S/c1-2-12-7(11)5-6(10)9-4(3-8)13-5;1-6-2-4-7(8)5-3-6/h10H,2-3H2,1H3;2-5,8H,1H3. The van der Waals surface area contributed by atoms with Crippen LogP contribution in [0.25, 0.3) is 0 Å². The number of hydrogen-bond acceptors (Lipinski definition) is 6. The Hall–Kier alpha value is -1.05. The fourth-order valence-corrected chi connectivity index (χ4v) is 2.61. The van der Waals surface area contributed by atoms with Crippen LogP contribution in [0.15, 0.2) is 29.2 Å². The summed E-state index contributed by atoms with van der Waals surface area (Å²) in [5, 5.41) is 10.4. The van der Waals surface area contributed by atoms with E-state index in [0.717, 1.165) is 16.2 Å². The van der Waals surface area contributed by atoms with E-state index in [9.17, 15) is 9.90 Å². The average Bonchev–Trinajstić information content (AvgIpc) is 2.84. The Morgan fingerprint density at radius 1 is 1.43 bits per heavy atom. The summed E-state index contributed by atoms with van der Waals surface area (Å²) in [4.78, 5) is 16.1. The first-order valence-electron chi connectivity index (χ1n) is 6.15. The number of ether oxygens (including phenoxy) is 1. The van der Waals surface area contributed by atoms with Gasteiger partial charge in [0.05, 0.1) is 11.9 Å². The number of carbonyl (C=O) groups excluding carboxylic acids is 1. The monoisotopic (exact) mass is 389 g/mol. The van der Waals surface area contributed by atoms with Crippen LogP contribution in [0.4, 0.5) is 0 Å². The SMILES string of the molecule is CCOC(=O)c1sc(CBr)nc1O.Cc1ccc(S)cc1. The molecular weight excluding hydrogens is 374 g/mol. The van der Waals surface area contributed by atoms with Crippen LogP contribution in [0.3, 0.4) is 0 Å². The number of aromatic hydroxyl groups is 1. The number of alkyl halides is 1. The first-order chi connectivity index (χ1) is 9.97. The second-order valence-electron chi connectivity index (χ2n) is 3.95. The van der Waals surface area contributed by atoms with Gasteiger partial charge in [0.15, 0.2) is 4.88 Å². The highest BCUT2D eigenvalue weighted by Crippen LogP contribution is 2.26.